The van der Waals surface area contributed by atoms with Gasteiger partial charge in [-0.3, -0.25) is 4.79 Å². The van der Waals surface area contributed by atoms with Crippen molar-refractivity contribution in [1.82, 2.24) is 0 Å². The van der Waals surface area contributed by atoms with Crippen LogP contribution >= 0.6 is 0 Å². The molecule has 3 rings (SSSR count). The number of benzene rings is 3. The third-order valence-electron chi connectivity index (χ3n) is 4.24. The summed E-state index contributed by atoms with van der Waals surface area (Å²) in [6.45, 7) is 1.66. The fourth-order valence-corrected chi connectivity index (χ4v) is 2.77. The molecule has 1 atom stereocenters. The Labute approximate surface area is 164 Å². The molecule has 28 heavy (non-hydrogen) atoms. The third kappa shape index (κ3) is 4.30. The first-order chi connectivity index (χ1) is 13.6. The highest BCUT2D eigenvalue weighted by Gasteiger charge is 2.18. The van der Waals surface area contributed by atoms with E-state index < -0.39 is 6.10 Å². The minimum Gasteiger partial charge on any atom is -0.493 e. The molecule has 1 N–H and O–H groups in total. The maximum absolute atomic E-state index is 12.7. The molecule has 0 unspecified atom stereocenters. The molecule has 0 bridgehead atoms. The normalized spacial score (nSPS) is 11.2. The molecule has 5 heteroatoms. The van der Waals surface area contributed by atoms with Crippen LogP contribution in [0.3, 0.4) is 0 Å². The third-order valence-corrected chi connectivity index (χ3v) is 4.24. The lowest BCUT2D eigenvalue weighted by atomic mass is 10.0. The molecule has 0 fully saturated rings. The van der Waals surface area contributed by atoms with Crippen molar-refractivity contribution in [3.05, 3.63) is 78.4 Å². The van der Waals surface area contributed by atoms with Gasteiger partial charge in [-0.15, -0.1) is 0 Å². The molecule has 0 spiro atoms. The maximum atomic E-state index is 12.7. The zero-order chi connectivity index (χ0) is 19.9. The summed E-state index contributed by atoms with van der Waals surface area (Å²) in [7, 11) is 1.49. The lowest BCUT2D eigenvalue weighted by molar-refractivity contribution is -0.122. The molecular formula is C23H20N2O3. The fraction of sp³-hybridized carbons (Fsp3) is 0.130. The zero-order valence-corrected chi connectivity index (χ0v) is 15.7. The Kier molecular flexibility index (Phi) is 5.93. The first-order valence-electron chi connectivity index (χ1n) is 8.82. The average Bonchev–Trinajstić information content (AvgIpc) is 2.75. The molecule has 0 aliphatic heterocycles. The van der Waals surface area contributed by atoms with Gasteiger partial charge < -0.3 is 14.8 Å². The average molecular weight is 372 g/mol. The molecule has 3 aromatic rings. The second kappa shape index (κ2) is 8.74. The van der Waals surface area contributed by atoms with E-state index in [-0.39, 0.29) is 5.91 Å². The standard InChI is InChI=1S/C23H20N2O3/c1-16(28-21-13-12-17(15-24)14-22(21)27-2)23(26)25-20-11-7-6-10-19(20)18-8-4-3-5-9-18/h3-14,16H,1-2H3,(H,25,26)/t16-/m1/s1. The van der Waals surface area contributed by atoms with E-state index in [0.29, 0.717) is 22.7 Å². The number of carbonyl (C=O) groups excluding carboxylic acids is 1. The number of hydrogen-bond acceptors (Lipinski definition) is 4. The Bertz CT molecular complexity index is 1010. The predicted octanol–water partition coefficient (Wildman–Crippen LogP) is 4.64. The van der Waals surface area contributed by atoms with Gasteiger partial charge in [0, 0.05) is 17.3 Å². The van der Waals surface area contributed by atoms with Gasteiger partial charge in [0.2, 0.25) is 0 Å². The summed E-state index contributed by atoms with van der Waals surface area (Å²) in [6.07, 6.45) is -0.759. The second-order valence-electron chi connectivity index (χ2n) is 6.14. The van der Waals surface area contributed by atoms with Crippen molar-refractivity contribution in [1.29, 1.82) is 5.26 Å². The number of ether oxygens (including phenoxy) is 2. The highest BCUT2D eigenvalue weighted by molar-refractivity contribution is 5.98. The van der Waals surface area contributed by atoms with E-state index in [9.17, 15) is 4.79 Å². The SMILES string of the molecule is COc1cc(C#N)ccc1O[C@H](C)C(=O)Nc1ccccc1-c1ccccc1. The second-order valence-corrected chi connectivity index (χ2v) is 6.14. The topological polar surface area (TPSA) is 71.3 Å². The van der Waals surface area contributed by atoms with Crippen LogP contribution in [0, 0.1) is 11.3 Å². The monoisotopic (exact) mass is 372 g/mol. The summed E-state index contributed by atoms with van der Waals surface area (Å²) in [5.41, 5.74) is 3.11. The van der Waals surface area contributed by atoms with Crippen LogP contribution in [0.4, 0.5) is 5.69 Å². The van der Waals surface area contributed by atoms with Crippen molar-refractivity contribution >= 4 is 11.6 Å². The number of methoxy groups -OCH3 is 1. The summed E-state index contributed by atoms with van der Waals surface area (Å²) in [6, 6.07) is 24.3. The molecule has 5 nitrogen and oxygen atoms in total. The highest BCUT2D eigenvalue weighted by Crippen LogP contribution is 2.30. The van der Waals surface area contributed by atoms with Gasteiger partial charge >= 0.3 is 0 Å². The Morgan fingerprint density at radius 3 is 2.43 bits per heavy atom. The van der Waals surface area contributed by atoms with Gasteiger partial charge in [-0.1, -0.05) is 48.5 Å². The van der Waals surface area contributed by atoms with Crippen molar-refractivity contribution in [3.8, 4) is 28.7 Å². The number of para-hydroxylation sites is 1. The highest BCUT2D eigenvalue weighted by atomic mass is 16.5. The number of nitrogens with zero attached hydrogens (tertiary/aromatic N) is 1. The summed E-state index contributed by atoms with van der Waals surface area (Å²) in [5.74, 6) is 0.527. The van der Waals surface area contributed by atoms with E-state index >= 15 is 0 Å². The molecular weight excluding hydrogens is 352 g/mol. The summed E-state index contributed by atoms with van der Waals surface area (Å²) < 4.78 is 11.0. The molecule has 0 saturated heterocycles. The Morgan fingerprint density at radius 2 is 1.71 bits per heavy atom. The van der Waals surface area contributed by atoms with Gasteiger partial charge in [-0.05, 0) is 30.7 Å². The van der Waals surface area contributed by atoms with Crippen LogP contribution in [0.2, 0.25) is 0 Å². The van der Waals surface area contributed by atoms with Crippen LogP contribution in [0.15, 0.2) is 72.8 Å². The van der Waals surface area contributed by atoms with Gasteiger partial charge in [0.15, 0.2) is 17.6 Å². The first kappa shape index (κ1) is 19.0. The van der Waals surface area contributed by atoms with Crippen LogP contribution in [0.5, 0.6) is 11.5 Å². The van der Waals surface area contributed by atoms with Gasteiger partial charge in [0.25, 0.3) is 5.91 Å². The van der Waals surface area contributed by atoms with Crippen LogP contribution < -0.4 is 14.8 Å². The van der Waals surface area contributed by atoms with Crippen LogP contribution in [0.25, 0.3) is 11.1 Å². The number of anilines is 1. The fourth-order valence-electron chi connectivity index (χ4n) is 2.77. The quantitative estimate of drug-likeness (QED) is 0.684. The minimum absolute atomic E-state index is 0.283. The zero-order valence-electron chi connectivity index (χ0n) is 15.7. The van der Waals surface area contributed by atoms with Gasteiger partial charge in [0.1, 0.15) is 0 Å². The van der Waals surface area contributed by atoms with E-state index in [1.54, 1.807) is 25.1 Å². The molecule has 3 aromatic carbocycles. The van der Waals surface area contributed by atoms with Crippen molar-refractivity contribution < 1.29 is 14.3 Å². The van der Waals surface area contributed by atoms with Crippen LogP contribution in [0.1, 0.15) is 12.5 Å². The Hall–Kier alpha value is -3.78. The molecule has 0 aliphatic carbocycles. The van der Waals surface area contributed by atoms with E-state index in [1.165, 1.54) is 7.11 Å². The van der Waals surface area contributed by atoms with E-state index in [2.05, 4.69) is 5.32 Å². The predicted molar refractivity (Wildman–Crippen MR) is 108 cm³/mol. The van der Waals surface area contributed by atoms with Crippen molar-refractivity contribution in [2.24, 2.45) is 0 Å². The molecule has 0 radical (unpaired) electrons. The Balaban J connectivity index is 1.77. The molecule has 140 valence electrons. The van der Waals surface area contributed by atoms with Crippen LogP contribution in [-0.4, -0.2) is 19.1 Å². The van der Waals surface area contributed by atoms with Gasteiger partial charge in [-0.2, -0.15) is 5.26 Å². The number of amides is 1. The van der Waals surface area contributed by atoms with Crippen molar-refractivity contribution in [2.45, 2.75) is 13.0 Å². The summed E-state index contributed by atoms with van der Waals surface area (Å²) in [4.78, 5) is 12.7. The molecule has 0 aromatic heterocycles. The number of carbonyl (C=O) groups is 1. The van der Waals surface area contributed by atoms with E-state index in [0.717, 1.165) is 11.1 Å². The summed E-state index contributed by atoms with van der Waals surface area (Å²) >= 11 is 0. The number of nitrogens with one attached hydrogen (secondary N) is 1. The molecule has 0 saturated carbocycles. The van der Waals surface area contributed by atoms with Gasteiger partial charge in [0.05, 0.1) is 18.7 Å². The minimum atomic E-state index is -0.759. The molecule has 0 heterocycles. The lowest BCUT2D eigenvalue weighted by Gasteiger charge is -2.18. The van der Waals surface area contributed by atoms with Gasteiger partial charge in [-0.25, -0.2) is 0 Å². The largest absolute Gasteiger partial charge is 0.493 e. The number of hydrogen-bond donors (Lipinski definition) is 1. The number of rotatable bonds is 6. The van der Waals surface area contributed by atoms with E-state index in [1.807, 2.05) is 60.7 Å². The van der Waals surface area contributed by atoms with Crippen molar-refractivity contribution in [3.63, 3.8) is 0 Å². The number of nitriles is 1. The lowest BCUT2D eigenvalue weighted by Crippen LogP contribution is -2.30. The maximum Gasteiger partial charge on any atom is 0.265 e. The van der Waals surface area contributed by atoms with E-state index in [4.69, 9.17) is 14.7 Å². The Morgan fingerprint density at radius 1 is 1.00 bits per heavy atom. The van der Waals surface area contributed by atoms with Crippen molar-refractivity contribution in [2.75, 3.05) is 12.4 Å². The first-order valence-corrected chi connectivity index (χ1v) is 8.82. The summed E-state index contributed by atoms with van der Waals surface area (Å²) in [5, 5.41) is 11.9. The molecule has 1 amide bonds. The smallest absolute Gasteiger partial charge is 0.265 e. The molecule has 0 aliphatic rings. The van der Waals surface area contributed by atoms with Crippen LogP contribution in [-0.2, 0) is 4.79 Å².